The second-order valence-corrected chi connectivity index (χ2v) is 4.04. The van der Waals surface area contributed by atoms with Crippen LogP contribution in [0.1, 0.15) is 6.92 Å². The molecule has 0 aliphatic heterocycles. The molecule has 0 aliphatic rings. The van der Waals surface area contributed by atoms with Gasteiger partial charge in [0.1, 0.15) is 6.33 Å². The van der Waals surface area contributed by atoms with Crippen LogP contribution in [0.2, 0.25) is 0 Å². The molecule has 1 N–H and O–H groups in total. The van der Waals surface area contributed by atoms with E-state index < -0.39 is 0 Å². The van der Waals surface area contributed by atoms with Crippen LogP contribution in [-0.2, 0) is 9.47 Å². The third-order valence-corrected chi connectivity index (χ3v) is 2.76. The number of hydrogen-bond donors (Lipinski definition) is 1. The van der Waals surface area contributed by atoms with Crippen molar-refractivity contribution in [2.45, 2.75) is 19.3 Å². The van der Waals surface area contributed by atoms with Gasteiger partial charge in [0.2, 0.25) is 0 Å². The monoisotopic (exact) mass is 263 g/mol. The average Bonchev–Trinajstić information content (AvgIpc) is 2.94. The lowest BCUT2D eigenvalue weighted by atomic mass is 10.2. The van der Waals surface area contributed by atoms with Gasteiger partial charge in [-0.15, -0.1) is 5.10 Å². The van der Waals surface area contributed by atoms with Crippen molar-refractivity contribution in [3.05, 3.63) is 30.6 Å². The Morgan fingerprint density at radius 3 is 2.58 bits per heavy atom. The van der Waals surface area contributed by atoms with E-state index in [9.17, 15) is 0 Å². The standard InChI is InChI=1S/C12H17N5O2/c1-9(12(18-2)19-3)14-10-6-4-5-7-11(10)17-8-13-15-16-17/h4-9,12,14H,1-3H3. The summed E-state index contributed by atoms with van der Waals surface area (Å²) in [6, 6.07) is 7.73. The first-order chi connectivity index (χ1) is 9.26. The summed E-state index contributed by atoms with van der Waals surface area (Å²) >= 11 is 0. The lowest BCUT2D eigenvalue weighted by Gasteiger charge is -2.24. The fourth-order valence-corrected chi connectivity index (χ4v) is 1.88. The smallest absolute Gasteiger partial charge is 0.176 e. The van der Waals surface area contributed by atoms with Crippen LogP contribution in [0.5, 0.6) is 0 Å². The summed E-state index contributed by atoms with van der Waals surface area (Å²) in [7, 11) is 3.22. The maximum Gasteiger partial charge on any atom is 0.176 e. The van der Waals surface area contributed by atoms with Crippen molar-refractivity contribution in [1.29, 1.82) is 0 Å². The molecular weight excluding hydrogens is 246 g/mol. The van der Waals surface area contributed by atoms with Crippen molar-refractivity contribution >= 4 is 5.69 Å². The van der Waals surface area contributed by atoms with E-state index in [0.29, 0.717) is 0 Å². The first-order valence-corrected chi connectivity index (χ1v) is 5.90. The lowest BCUT2D eigenvalue weighted by Crippen LogP contribution is -2.34. The van der Waals surface area contributed by atoms with Gasteiger partial charge in [-0.3, -0.25) is 0 Å². The minimum absolute atomic E-state index is 0.0207. The van der Waals surface area contributed by atoms with Gasteiger partial charge < -0.3 is 14.8 Å². The second kappa shape index (κ2) is 6.26. The van der Waals surface area contributed by atoms with Gasteiger partial charge >= 0.3 is 0 Å². The quantitative estimate of drug-likeness (QED) is 0.786. The first kappa shape index (κ1) is 13.4. The first-order valence-electron chi connectivity index (χ1n) is 5.90. The van der Waals surface area contributed by atoms with Crippen LogP contribution in [-0.4, -0.2) is 46.8 Å². The third-order valence-electron chi connectivity index (χ3n) is 2.76. The number of methoxy groups -OCH3 is 2. The lowest BCUT2D eigenvalue weighted by molar-refractivity contribution is -0.109. The number of hydrogen-bond acceptors (Lipinski definition) is 6. The summed E-state index contributed by atoms with van der Waals surface area (Å²) in [5.74, 6) is 0. The largest absolute Gasteiger partial charge is 0.376 e. The molecule has 0 amide bonds. The SMILES string of the molecule is COC(OC)C(C)Nc1ccccc1-n1cnnn1. The molecule has 0 bridgehead atoms. The molecule has 0 radical (unpaired) electrons. The predicted molar refractivity (Wildman–Crippen MR) is 70.0 cm³/mol. The van der Waals surface area contributed by atoms with Crippen LogP contribution in [0.25, 0.3) is 5.69 Å². The Kier molecular flexibility index (Phi) is 4.43. The van der Waals surface area contributed by atoms with Crippen LogP contribution >= 0.6 is 0 Å². The summed E-state index contributed by atoms with van der Waals surface area (Å²) in [5.41, 5.74) is 1.77. The topological polar surface area (TPSA) is 74.1 Å². The van der Waals surface area contributed by atoms with Crippen molar-refractivity contribution in [1.82, 2.24) is 20.2 Å². The number of rotatable bonds is 6. The molecular formula is C12H17N5O2. The van der Waals surface area contributed by atoms with Gasteiger partial charge in [0, 0.05) is 14.2 Å². The van der Waals surface area contributed by atoms with Crippen molar-refractivity contribution in [3.63, 3.8) is 0 Å². The van der Waals surface area contributed by atoms with Crippen LogP contribution in [0.15, 0.2) is 30.6 Å². The van der Waals surface area contributed by atoms with Crippen molar-refractivity contribution in [3.8, 4) is 5.69 Å². The van der Waals surface area contributed by atoms with Gasteiger partial charge in [-0.25, -0.2) is 0 Å². The highest BCUT2D eigenvalue weighted by Crippen LogP contribution is 2.20. The molecule has 1 aromatic heterocycles. The van der Waals surface area contributed by atoms with E-state index in [1.165, 1.54) is 0 Å². The van der Waals surface area contributed by atoms with Crippen LogP contribution < -0.4 is 5.32 Å². The zero-order chi connectivity index (χ0) is 13.7. The molecule has 1 unspecified atom stereocenters. The molecule has 0 saturated carbocycles. The Morgan fingerprint density at radius 1 is 1.21 bits per heavy atom. The number of nitrogens with one attached hydrogen (secondary N) is 1. The summed E-state index contributed by atoms with van der Waals surface area (Å²) < 4.78 is 12.1. The molecule has 0 saturated heterocycles. The highest BCUT2D eigenvalue weighted by atomic mass is 16.7. The fraction of sp³-hybridized carbons (Fsp3) is 0.417. The molecule has 0 fully saturated rings. The van der Waals surface area contributed by atoms with E-state index in [0.717, 1.165) is 11.4 Å². The van der Waals surface area contributed by atoms with E-state index >= 15 is 0 Å². The Labute approximate surface area is 111 Å². The molecule has 2 rings (SSSR count). The average molecular weight is 263 g/mol. The minimum Gasteiger partial charge on any atom is -0.376 e. The summed E-state index contributed by atoms with van der Waals surface area (Å²) in [4.78, 5) is 0. The number of nitrogens with zero attached hydrogens (tertiary/aromatic N) is 4. The molecule has 102 valence electrons. The van der Waals surface area contributed by atoms with E-state index in [4.69, 9.17) is 9.47 Å². The molecule has 1 heterocycles. The molecule has 19 heavy (non-hydrogen) atoms. The molecule has 7 nitrogen and oxygen atoms in total. The van der Waals surface area contributed by atoms with Crippen molar-refractivity contribution in [2.75, 3.05) is 19.5 Å². The number of tetrazole rings is 1. The van der Waals surface area contributed by atoms with E-state index in [1.807, 2.05) is 31.2 Å². The van der Waals surface area contributed by atoms with Gasteiger partial charge in [0.25, 0.3) is 0 Å². The van der Waals surface area contributed by atoms with Crippen molar-refractivity contribution < 1.29 is 9.47 Å². The maximum atomic E-state index is 5.23. The molecule has 1 aromatic carbocycles. The number of aromatic nitrogens is 4. The molecule has 0 spiro atoms. The maximum absolute atomic E-state index is 5.23. The van der Waals surface area contributed by atoms with E-state index in [-0.39, 0.29) is 12.3 Å². The Morgan fingerprint density at radius 2 is 1.95 bits per heavy atom. The highest BCUT2D eigenvalue weighted by molar-refractivity contribution is 5.60. The zero-order valence-electron chi connectivity index (χ0n) is 11.1. The molecule has 2 aromatic rings. The summed E-state index contributed by atoms with van der Waals surface area (Å²) in [5, 5.41) is 14.5. The van der Waals surface area contributed by atoms with Crippen LogP contribution in [0, 0.1) is 0 Å². The van der Waals surface area contributed by atoms with E-state index in [2.05, 4.69) is 20.8 Å². The fourth-order valence-electron chi connectivity index (χ4n) is 1.88. The Hall–Kier alpha value is -1.99. The molecule has 1 atom stereocenters. The van der Waals surface area contributed by atoms with Crippen LogP contribution in [0.3, 0.4) is 0 Å². The molecule has 0 aliphatic carbocycles. The van der Waals surface area contributed by atoms with Crippen LogP contribution in [0.4, 0.5) is 5.69 Å². The zero-order valence-corrected chi connectivity index (χ0v) is 11.1. The number of anilines is 1. The Balaban J connectivity index is 2.21. The summed E-state index contributed by atoms with van der Waals surface area (Å²) in [6.07, 6.45) is 1.22. The predicted octanol–water partition coefficient (Wildman–Crippen LogP) is 1.08. The molecule has 7 heteroatoms. The minimum atomic E-state index is -0.332. The highest BCUT2D eigenvalue weighted by Gasteiger charge is 2.17. The van der Waals surface area contributed by atoms with Gasteiger partial charge in [-0.05, 0) is 29.5 Å². The Bertz CT molecular complexity index is 499. The number of benzene rings is 1. The van der Waals surface area contributed by atoms with Gasteiger partial charge in [-0.2, -0.15) is 4.68 Å². The normalized spacial score (nSPS) is 12.6. The van der Waals surface area contributed by atoms with Gasteiger partial charge in [0.05, 0.1) is 17.4 Å². The number of para-hydroxylation sites is 2. The summed E-state index contributed by atoms with van der Waals surface area (Å²) in [6.45, 7) is 1.98. The van der Waals surface area contributed by atoms with Gasteiger partial charge in [-0.1, -0.05) is 12.1 Å². The number of ether oxygens (including phenoxy) is 2. The van der Waals surface area contributed by atoms with E-state index in [1.54, 1.807) is 25.2 Å². The third kappa shape index (κ3) is 3.07. The van der Waals surface area contributed by atoms with Crippen molar-refractivity contribution in [2.24, 2.45) is 0 Å². The van der Waals surface area contributed by atoms with Gasteiger partial charge in [0.15, 0.2) is 6.29 Å². The second-order valence-electron chi connectivity index (χ2n) is 4.04.